The normalized spacial score (nSPS) is 14.1. The SMILES string of the molecule is O=C(CN1CN(Cc2ccc3c(c2)OCO3)c2ccccc21)c1ccc2ccccc2c1. The lowest BCUT2D eigenvalue weighted by Crippen LogP contribution is -2.34. The Balaban J connectivity index is 1.23. The van der Waals surface area contributed by atoms with Crippen molar-refractivity contribution in [3.8, 4) is 11.5 Å². The minimum Gasteiger partial charge on any atom is -0.454 e. The van der Waals surface area contributed by atoms with E-state index in [9.17, 15) is 4.79 Å². The Labute approximate surface area is 186 Å². The van der Waals surface area contributed by atoms with Crippen molar-refractivity contribution in [2.45, 2.75) is 6.54 Å². The number of rotatable bonds is 5. The Morgan fingerprint density at radius 3 is 2.38 bits per heavy atom. The highest BCUT2D eigenvalue weighted by molar-refractivity contribution is 6.03. The van der Waals surface area contributed by atoms with Crippen molar-refractivity contribution in [3.63, 3.8) is 0 Å². The topological polar surface area (TPSA) is 42.0 Å². The molecule has 0 spiro atoms. The van der Waals surface area contributed by atoms with Crippen LogP contribution in [0.1, 0.15) is 15.9 Å². The minimum absolute atomic E-state index is 0.121. The van der Waals surface area contributed by atoms with Gasteiger partial charge in [0.15, 0.2) is 17.3 Å². The van der Waals surface area contributed by atoms with Gasteiger partial charge in [0.1, 0.15) is 0 Å². The van der Waals surface area contributed by atoms with Gasteiger partial charge in [-0.25, -0.2) is 0 Å². The van der Waals surface area contributed by atoms with E-state index in [2.05, 4.69) is 34.1 Å². The van der Waals surface area contributed by atoms with Gasteiger partial charge in [-0.15, -0.1) is 0 Å². The molecule has 2 aliphatic rings. The molecule has 0 saturated carbocycles. The van der Waals surface area contributed by atoms with Gasteiger partial charge >= 0.3 is 0 Å². The lowest BCUT2D eigenvalue weighted by molar-refractivity contribution is 0.0999. The zero-order valence-corrected chi connectivity index (χ0v) is 17.5. The molecule has 0 aromatic heterocycles. The number of ketones is 1. The highest BCUT2D eigenvalue weighted by atomic mass is 16.7. The average Bonchev–Trinajstić information content (AvgIpc) is 3.43. The largest absolute Gasteiger partial charge is 0.454 e. The Bertz CT molecular complexity index is 1330. The third-order valence-corrected chi connectivity index (χ3v) is 6.12. The van der Waals surface area contributed by atoms with Gasteiger partial charge in [-0.1, -0.05) is 54.6 Å². The Hall–Kier alpha value is -3.99. The highest BCUT2D eigenvalue weighted by Gasteiger charge is 2.27. The molecular formula is C27H22N2O3. The number of benzene rings is 4. The van der Waals surface area contributed by atoms with Crippen LogP contribution in [-0.4, -0.2) is 25.8 Å². The first kappa shape index (κ1) is 18.8. The molecule has 4 aromatic rings. The maximum Gasteiger partial charge on any atom is 0.231 e. The summed E-state index contributed by atoms with van der Waals surface area (Å²) in [6, 6.07) is 28.4. The molecule has 2 heterocycles. The summed E-state index contributed by atoms with van der Waals surface area (Å²) < 4.78 is 11.0. The van der Waals surface area contributed by atoms with Crippen molar-refractivity contribution < 1.29 is 14.3 Å². The first-order valence-corrected chi connectivity index (χ1v) is 10.7. The Morgan fingerprint density at radius 1 is 0.750 bits per heavy atom. The van der Waals surface area contributed by atoms with Crippen LogP contribution >= 0.6 is 0 Å². The van der Waals surface area contributed by atoms with E-state index in [0.717, 1.165) is 51.3 Å². The van der Waals surface area contributed by atoms with Gasteiger partial charge in [0.2, 0.25) is 6.79 Å². The molecular weight excluding hydrogens is 400 g/mol. The number of carbonyl (C=O) groups excluding carboxylic acids is 1. The van der Waals surface area contributed by atoms with E-state index >= 15 is 0 Å². The summed E-state index contributed by atoms with van der Waals surface area (Å²) in [4.78, 5) is 17.6. The predicted molar refractivity (Wildman–Crippen MR) is 126 cm³/mol. The number of para-hydroxylation sites is 2. The first-order chi connectivity index (χ1) is 15.7. The summed E-state index contributed by atoms with van der Waals surface area (Å²) in [6.45, 7) is 2.00. The van der Waals surface area contributed by atoms with Crippen LogP contribution in [0, 0.1) is 0 Å². The highest BCUT2D eigenvalue weighted by Crippen LogP contribution is 2.38. The number of nitrogens with zero attached hydrogens (tertiary/aromatic N) is 2. The minimum atomic E-state index is 0.121. The molecule has 0 amide bonds. The van der Waals surface area contributed by atoms with Gasteiger partial charge in [0.05, 0.1) is 24.6 Å². The van der Waals surface area contributed by atoms with Crippen molar-refractivity contribution >= 4 is 27.9 Å². The van der Waals surface area contributed by atoms with E-state index < -0.39 is 0 Å². The Morgan fingerprint density at radius 2 is 1.50 bits per heavy atom. The molecule has 32 heavy (non-hydrogen) atoms. The second-order valence-electron chi connectivity index (χ2n) is 8.20. The van der Waals surface area contributed by atoms with Crippen LogP contribution in [-0.2, 0) is 6.54 Å². The smallest absolute Gasteiger partial charge is 0.231 e. The summed E-state index contributed by atoms with van der Waals surface area (Å²) in [7, 11) is 0. The van der Waals surface area contributed by atoms with Gasteiger partial charge in [0.25, 0.3) is 0 Å². The molecule has 5 nitrogen and oxygen atoms in total. The second kappa shape index (κ2) is 7.61. The van der Waals surface area contributed by atoms with Crippen molar-refractivity contribution in [1.29, 1.82) is 0 Å². The fourth-order valence-electron chi connectivity index (χ4n) is 4.51. The number of fused-ring (bicyclic) bond motifs is 3. The van der Waals surface area contributed by atoms with Crippen molar-refractivity contribution in [2.75, 3.05) is 29.8 Å². The monoisotopic (exact) mass is 422 g/mol. The standard InChI is InChI=1S/C27H22N2O3/c30-25(22-11-10-20-5-1-2-6-21(20)14-22)16-29-17-28(23-7-3-4-8-24(23)29)15-19-9-12-26-27(13-19)32-18-31-26/h1-14H,15-18H2. The molecule has 6 rings (SSSR count). The zero-order valence-electron chi connectivity index (χ0n) is 17.5. The second-order valence-corrected chi connectivity index (χ2v) is 8.20. The number of carbonyl (C=O) groups is 1. The molecule has 0 aliphatic carbocycles. The molecule has 0 radical (unpaired) electrons. The zero-order chi connectivity index (χ0) is 21.5. The average molecular weight is 422 g/mol. The molecule has 0 atom stereocenters. The third-order valence-electron chi connectivity index (χ3n) is 6.12. The van der Waals surface area contributed by atoms with E-state index in [0.29, 0.717) is 13.2 Å². The summed E-state index contributed by atoms with van der Waals surface area (Å²) in [5.74, 6) is 1.70. The van der Waals surface area contributed by atoms with E-state index in [1.54, 1.807) is 0 Å². The van der Waals surface area contributed by atoms with E-state index in [-0.39, 0.29) is 12.6 Å². The van der Waals surface area contributed by atoms with E-state index in [1.165, 1.54) is 0 Å². The third kappa shape index (κ3) is 3.32. The van der Waals surface area contributed by atoms with Crippen LogP contribution in [0.15, 0.2) is 84.9 Å². The van der Waals surface area contributed by atoms with Crippen LogP contribution < -0.4 is 19.3 Å². The number of Topliss-reactive ketones (excluding diaryl/α,β-unsaturated/α-hetero) is 1. The Kier molecular flexibility index (Phi) is 4.46. The van der Waals surface area contributed by atoms with Gasteiger partial charge < -0.3 is 19.3 Å². The molecule has 0 bridgehead atoms. The molecule has 0 unspecified atom stereocenters. The number of hydrogen-bond acceptors (Lipinski definition) is 5. The maximum absolute atomic E-state index is 13.2. The van der Waals surface area contributed by atoms with E-state index in [1.807, 2.05) is 60.7 Å². The lowest BCUT2D eigenvalue weighted by atomic mass is 10.0. The number of hydrogen-bond donors (Lipinski definition) is 0. The van der Waals surface area contributed by atoms with Gasteiger partial charge in [-0.3, -0.25) is 4.79 Å². The van der Waals surface area contributed by atoms with Crippen LogP contribution in [0.4, 0.5) is 11.4 Å². The molecule has 2 aliphatic heterocycles. The predicted octanol–water partition coefficient (Wildman–Crippen LogP) is 5.24. The molecule has 158 valence electrons. The summed E-state index contributed by atoms with van der Waals surface area (Å²) in [5.41, 5.74) is 4.11. The van der Waals surface area contributed by atoms with Crippen LogP contribution in [0.5, 0.6) is 11.5 Å². The van der Waals surface area contributed by atoms with Crippen LogP contribution in [0.2, 0.25) is 0 Å². The molecule has 0 N–H and O–H groups in total. The van der Waals surface area contributed by atoms with Gasteiger partial charge in [-0.05, 0) is 46.7 Å². The van der Waals surface area contributed by atoms with Gasteiger partial charge in [-0.2, -0.15) is 0 Å². The summed E-state index contributed by atoms with van der Waals surface area (Å²) >= 11 is 0. The molecule has 5 heteroatoms. The maximum atomic E-state index is 13.2. The van der Waals surface area contributed by atoms with Gasteiger partial charge in [0, 0.05) is 12.1 Å². The fraction of sp³-hybridized carbons (Fsp3) is 0.148. The van der Waals surface area contributed by atoms with Crippen molar-refractivity contribution in [2.24, 2.45) is 0 Å². The molecule has 0 saturated heterocycles. The number of anilines is 2. The summed E-state index contributed by atoms with van der Waals surface area (Å²) in [5, 5.41) is 2.23. The lowest BCUT2D eigenvalue weighted by Gasteiger charge is -2.21. The quantitative estimate of drug-likeness (QED) is 0.412. The van der Waals surface area contributed by atoms with Crippen LogP contribution in [0.25, 0.3) is 10.8 Å². The van der Waals surface area contributed by atoms with Crippen LogP contribution in [0.3, 0.4) is 0 Å². The molecule has 0 fully saturated rings. The summed E-state index contributed by atoms with van der Waals surface area (Å²) in [6.07, 6.45) is 0. The first-order valence-electron chi connectivity index (χ1n) is 10.7. The molecule has 4 aromatic carbocycles. The fourth-order valence-corrected chi connectivity index (χ4v) is 4.51. The van der Waals surface area contributed by atoms with Crippen molar-refractivity contribution in [1.82, 2.24) is 0 Å². The van der Waals surface area contributed by atoms with Crippen molar-refractivity contribution in [3.05, 3.63) is 96.1 Å². The van der Waals surface area contributed by atoms with E-state index in [4.69, 9.17) is 9.47 Å². The number of ether oxygens (including phenoxy) is 2.